The lowest BCUT2D eigenvalue weighted by Gasteiger charge is -2.33. The molecule has 0 spiro atoms. The Morgan fingerprint density at radius 3 is 2.53 bits per heavy atom. The first kappa shape index (κ1) is 22.4. The van der Waals surface area contributed by atoms with Crippen molar-refractivity contribution >= 4 is 50.9 Å². The number of fused-ring (bicyclic) bond motifs is 2. The number of halogens is 6. The maximum absolute atomic E-state index is 14.0. The van der Waals surface area contributed by atoms with E-state index >= 15 is 0 Å². The summed E-state index contributed by atoms with van der Waals surface area (Å²) in [7, 11) is 0. The number of carbonyl (C=O) groups is 2. The highest BCUT2D eigenvalue weighted by molar-refractivity contribution is 8.01. The number of nitrogens with zero attached hydrogens (tertiary/aromatic N) is 2. The van der Waals surface area contributed by atoms with Crippen LogP contribution in [-0.4, -0.2) is 27.2 Å². The van der Waals surface area contributed by atoms with Crippen LogP contribution in [0.2, 0.25) is 0 Å². The fourth-order valence-electron chi connectivity index (χ4n) is 3.18. The Bertz CT molecular complexity index is 1260. The van der Waals surface area contributed by atoms with Gasteiger partial charge in [0.05, 0.1) is 34.2 Å². The zero-order valence-electron chi connectivity index (χ0n) is 15.5. The van der Waals surface area contributed by atoms with E-state index in [2.05, 4.69) is 4.98 Å². The van der Waals surface area contributed by atoms with Gasteiger partial charge < -0.3 is 10.0 Å². The molecule has 1 aliphatic heterocycles. The van der Waals surface area contributed by atoms with Crippen LogP contribution in [-0.2, 0) is 22.3 Å². The van der Waals surface area contributed by atoms with E-state index in [0.29, 0.717) is 17.4 Å². The van der Waals surface area contributed by atoms with E-state index in [1.807, 2.05) is 0 Å². The molecular formula is C19H10F6N2O3S2. The van der Waals surface area contributed by atoms with Crippen LogP contribution in [0.4, 0.5) is 32.0 Å². The number of aromatic nitrogens is 1. The number of carboxylic acid groups (broad SMARTS) is 1. The normalized spacial score (nSPS) is 16.5. The second-order valence-corrected chi connectivity index (χ2v) is 9.08. The van der Waals surface area contributed by atoms with Crippen molar-refractivity contribution in [1.29, 1.82) is 0 Å². The predicted molar refractivity (Wildman–Crippen MR) is 104 cm³/mol. The Labute approximate surface area is 183 Å². The van der Waals surface area contributed by atoms with Gasteiger partial charge in [0.25, 0.3) is 0 Å². The average Bonchev–Trinajstić information content (AvgIpc) is 3.13. The summed E-state index contributed by atoms with van der Waals surface area (Å²) in [6, 6.07) is 3.02. The van der Waals surface area contributed by atoms with Crippen LogP contribution >= 0.6 is 23.1 Å². The summed E-state index contributed by atoms with van der Waals surface area (Å²) in [4.78, 5) is 29.0. The summed E-state index contributed by atoms with van der Waals surface area (Å²) < 4.78 is 80.8. The third-order valence-corrected chi connectivity index (χ3v) is 6.90. The highest BCUT2D eigenvalue weighted by atomic mass is 32.2. The summed E-state index contributed by atoms with van der Waals surface area (Å²) in [5.74, 6) is -6.01. The summed E-state index contributed by atoms with van der Waals surface area (Å²) in [6.07, 6.45) is -5.29. The molecule has 32 heavy (non-hydrogen) atoms. The number of hydrogen-bond acceptors (Lipinski definition) is 5. The molecule has 0 fully saturated rings. The number of thiazole rings is 1. The van der Waals surface area contributed by atoms with Gasteiger partial charge in [-0.25, -0.2) is 18.2 Å². The molecule has 0 saturated heterocycles. The van der Waals surface area contributed by atoms with Gasteiger partial charge in [-0.15, -0.1) is 23.1 Å². The van der Waals surface area contributed by atoms with E-state index < -0.39 is 64.8 Å². The number of carboxylic acids is 1. The maximum Gasteiger partial charge on any atom is 0.416 e. The quantitative estimate of drug-likeness (QED) is 0.400. The van der Waals surface area contributed by atoms with Crippen molar-refractivity contribution in [2.75, 3.05) is 4.90 Å². The van der Waals surface area contributed by atoms with Crippen LogP contribution in [0.15, 0.2) is 29.2 Å². The molecule has 1 unspecified atom stereocenters. The first-order valence-corrected chi connectivity index (χ1v) is 10.5. The van der Waals surface area contributed by atoms with Crippen molar-refractivity contribution in [1.82, 2.24) is 4.98 Å². The number of hydrogen-bond donors (Lipinski definition) is 1. The molecule has 2 heterocycles. The molecule has 168 valence electrons. The number of alkyl halides is 3. The molecule has 2 aromatic carbocycles. The number of carbonyl (C=O) groups excluding carboxylic acids is 1. The van der Waals surface area contributed by atoms with Gasteiger partial charge in [0.15, 0.2) is 11.6 Å². The zero-order valence-corrected chi connectivity index (χ0v) is 17.2. The maximum atomic E-state index is 14.0. The van der Waals surface area contributed by atoms with Crippen molar-refractivity contribution < 1.29 is 41.0 Å². The molecule has 1 aliphatic rings. The molecule has 1 amide bonds. The highest BCUT2D eigenvalue weighted by Crippen LogP contribution is 2.44. The molecule has 4 rings (SSSR count). The van der Waals surface area contributed by atoms with E-state index in [4.69, 9.17) is 5.11 Å². The van der Waals surface area contributed by atoms with Crippen molar-refractivity contribution in [2.24, 2.45) is 0 Å². The van der Waals surface area contributed by atoms with Gasteiger partial charge in [0, 0.05) is 11.0 Å². The van der Waals surface area contributed by atoms with Gasteiger partial charge in [0.1, 0.15) is 16.3 Å². The second-order valence-electron chi connectivity index (χ2n) is 6.75. The van der Waals surface area contributed by atoms with Gasteiger partial charge in [0.2, 0.25) is 5.91 Å². The Hall–Kier alpha value is -2.80. The number of benzene rings is 2. The van der Waals surface area contributed by atoms with E-state index in [1.54, 1.807) is 0 Å². The molecular weight excluding hydrogens is 482 g/mol. The molecule has 13 heteroatoms. The van der Waals surface area contributed by atoms with Gasteiger partial charge >= 0.3 is 12.1 Å². The minimum absolute atomic E-state index is 0.0684. The van der Waals surface area contributed by atoms with E-state index in [0.717, 1.165) is 34.9 Å². The van der Waals surface area contributed by atoms with Crippen LogP contribution in [0, 0.1) is 17.5 Å². The molecule has 5 nitrogen and oxygen atoms in total. The largest absolute Gasteiger partial charge is 0.481 e. The Morgan fingerprint density at radius 2 is 1.88 bits per heavy atom. The second kappa shape index (κ2) is 7.96. The lowest BCUT2D eigenvalue weighted by atomic mass is 10.1. The Morgan fingerprint density at radius 1 is 1.16 bits per heavy atom. The minimum atomic E-state index is -4.70. The third kappa shape index (κ3) is 4.01. The third-order valence-electron chi connectivity index (χ3n) is 4.60. The van der Waals surface area contributed by atoms with Gasteiger partial charge in [-0.2, -0.15) is 13.2 Å². The number of amides is 1. The first-order chi connectivity index (χ1) is 15.0. The number of thioether (sulfide) groups is 1. The SMILES string of the molecule is O=C(O)CC1Sc2ccc(C(F)(F)F)cc2N(Cc2nc3c(F)c(F)cc(F)c3s2)C1=O. The van der Waals surface area contributed by atoms with E-state index in [1.165, 1.54) is 0 Å². The monoisotopic (exact) mass is 492 g/mol. The number of aliphatic carboxylic acids is 1. The molecule has 0 aliphatic carbocycles. The molecule has 1 atom stereocenters. The van der Waals surface area contributed by atoms with Crippen molar-refractivity contribution in [3.05, 3.63) is 52.3 Å². The fourth-order valence-corrected chi connectivity index (χ4v) is 5.33. The number of rotatable bonds is 4. The zero-order chi connectivity index (χ0) is 23.4. The standard InChI is InChI=1S/C19H10F6N2O3S2/c20-8-4-9(21)17-16(15(8)22)26-13(32-17)6-27-10-3-7(19(23,24)25)1-2-11(10)31-12(18(27)30)5-14(28)29/h1-4,12H,5-6H2,(H,28,29). The van der Waals surface area contributed by atoms with E-state index in [9.17, 15) is 35.9 Å². The van der Waals surface area contributed by atoms with E-state index in [-0.39, 0.29) is 20.3 Å². The van der Waals surface area contributed by atoms with Crippen molar-refractivity contribution in [2.45, 2.75) is 29.3 Å². The van der Waals surface area contributed by atoms with Crippen LogP contribution in [0.25, 0.3) is 10.2 Å². The molecule has 1 aromatic heterocycles. The van der Waals surface area contributed by atoms with Crippen molar-refractivity contribution in [3.8, 4) is 0 Å². The van der Waals surface area contributed by atoms with Crippen LogP contribution in [0.3, 0.4) is 0 Å². The summed E-state index contributed by atoms with van der Waals surface area (Å²) in [5.41, 5.74) is -1.77. The molecule has 0 saturated carbocycles. The van der Waals surface area contributed by atoms with Gasteiger partial charge in [-0.3, -0.25) is 9.59 Å². The summed E-state index contributed by atoms with van der Waals surface area (Å²) >= 11 is 1.42. The summed E-state index contributed by atoms with van der Waals surface area (Å²) in [6.45, 7) is -0.482. The van der Waals surface area contributed by atoms with Crippen LogP contribution < -0.4 is 4.90 Å². The molecule has 3 aromatic rings. The van der Waals surface area contributed by atoms with Crippen molar-refractivity contribution in [3.63, 3.8) is 0 Å². The van der Waals surface area contributed by atoms with Gasteiger partial charge in [-0.05, 0) is 18.2 Å². The number of anilines is 1. The predicted octanol–water partition coefficient (Wildman–Crippen LogP) is 5.21. The topological polar surface area (TPSA) is 70.5 Å². The lowest BCUT2D eigenvalue weighted by Crippen LogP contribution is -2.41. The highest BCUT2D eigenvalue weighted by Gasteiger charge is 2.38. The average molecular weight is 492 g/mol. The minimum Gasteiger partial charge on any atom is -0.481 e. The van der Waals surface area contributed by atoms with Gasteiger partial charge in [-0.1, -0.05) is 0 Å². The molecule has 0 bridgehead atoms. The lowest BCUT2D eigenvalue weighted by molar-refractivity contribution is -0.138. The fraction of sp³-hybridized carbons (Fsp3) is 0.211. The Kier molecular flexibility index (Phi) is 5.57. The van der Waals surface area contributed by atoms with Crippen LogP contribution in [0.1, 0.15) is 17.0 Å². The molecule has 1 N–H and O–H groups in total. The molecule has 0 radical (unpaired) electrons. The smallest absolute Gasteiger partial charge is 0.416 e. The summed E-state index contributed by atoms with van der Waals surface area (Å²) in [5, 5.41) is 7.88. The Balaban J connectivity index is 1.80. The first-order valence-electron chi connectivity index (χ1n) is 8.79. The van der Waals surface area contributed by atoms with Crippen LogP contribution in [0.5, 0.6) is 0 Å².